The van der Waals surface area contributed by atoms with E-state index < -0.39 is 12.0 Å². The number of carbonyl (C=O) groups excluding carboxylic acids is 1. The molecule has 204 valence electrons. The van der Waals surface area contributed by atoms with Gasteiger partial charge in [-0.2, -0.15) is 0 Å². The van der Waals surface area contributed by atoms with E-state index in [-0.39, 0.29) is 17.9 Å². The lowest BCUT2D eigenvalue weighted by Gasteiger charge is -2.26. The summed E-state index contributed by atoms with van der Waals surface area (Å²) in [5.74, 6) is -0.148. The maximum absolute atomic E-state index is 14.0. The molecule has 0 amide bonds. The molecule has 3 aromatic carbocycles. The summed E-state index contributed by atoms with van der Waals surface area (Å²) in [4.78, 5) is 33.9. The third-order valence-electron chi connectivity index (χ3n) is 6.39. The van der Waals surface area contributed by atoms with Gasteiger partial charge in [-0.1, -0.05) is 59.9 Å². The van der Waals surface area contributed by atoms with Gasteiger partial charge in [0.25, 0.3) is 5.56 Å². The van der Waals surface area contributed by atoms with Crippen molar-refractivity contribution in [1.82, 2.24) is 4.57 Å². The van der Waals surface area contributed by atoms with Crippen LogP contribution in [0.4, 0.5) is 0 Å². The van der Waals surface area contributed by atoms with Gasteiger partial charge in [-0.15, -0.1) is 11.8 Å². The summed E-state index contributed by atoms with van der Waals surface area (Å²) in [7, 11) is 0. The maximum atomic E-state index is 14.0. The molecule has 0 radical (unpaired) electrons. The van der Waals surface area contributed by atoms with Crippen LogP contribution in [0.25, 0.3) is 11.8 Å². The van der Waals surface area contributed by atoms with Crippen molar-refractivity contribution in [3.05, 3.63) is 115 Å². The molecule has 7 nitrogen and oxygen atoms in total. The standard InChI is InChI=1S/C31H28N2O5S2/c1-4-37-24-17-19(11-16-23(24)34)18-25-29(35)33-28(21-12-14-22(39-3)15-13-21)26(30(36)38-5-2)27(32-31(33)40-25)20-9-7-6-8-10-20/h6-18,28,34H,4-5H2,1-3H3/b25-18-/t28-/m1/s1. The van der Waals surface area contributed by atoms with Crippen molar-refractivity contribution in [2.75, 3.05) is 19.5 Å². The van der Waals surface area contributed by atoms with Crippen molar-refractivity contribution in [1.29, 1.82) is 0 Å². The molecule has 1 aliphatic heterocycles. The molecule has 1 atom stereocenters. The Labute approximate surface area is 239 Å². The van der Waals surface area contributed by atoms with Crippen molar-refractivity contribution in [2.24, 2.45) is 4.99 Å². The van der Waals surface area contributed by atoms with Crippen LogP contribution < -0.4 is 19.6 Å². The number of rotatable bonds is 8. The van der Waals surface area contributed by atoms with Gasteiger partial charge in [-0.25, -0.2) is 9.79 Å². The van der Waals surface area contributed by atoms with Gasteiger partial charge in [-0.3, -0.25) is 9.36 Å². The van der Waals surface area contributed by atoms with Gasteiger partial charge in [0.05, 0.1) is 35.1 Å². The lowest BCUT2D eigenvalue weighted by atomic mass is 9.93. The third kappa shape index (κ3) is 5.35. The van der Waals surface area contributed by atoms with Crippen LogP contribution in [0.3, 0.4) is 0 Å². The number of benzene rings is 3. The second kappa shape index (κ2) is 12.0. The molecule has 4 aromatic rings. The summed E-state index contributed by atoms with van der Waals surface area (Å²) in [5.41, 5.74) is 2.75. The Kier molecular flexibility index (Phi) is 8.23. The number of nitrogens with zero attached hydrogens (tertiary/aromatic N) is 2. The SMILES string of the molecule is CCOC(=O)C1=C(c2ccccc2)N=c2s/c(=C\c3ccc(O)c(OCC)c3)c(=O)n2[C@@H]1c1ccc(SC)cc1. The highest BCUT2D eigenvalue weighted by molar-refractivity contribution is 7.98. The maximum Gasteiger partial charge on any atom is 0.338 e. The first kappa shape index (κ1) is 27.5. The summed E-state index contributed by atoms with van der Waals surface area (Å²) >= 11 is 2.86. The first-order valence-electron chi connectivity index (χ1n) is 12.8. The average Bonchev–Trinajstić information content (AvgIpc) is 3.29. The number of aromatic nitrogens is 1. The average molecular weight is 573 g/mol. The number of phenols is 1. The van der Waals surface area contributed by atoms with Crippen LogP contribution in [0.2, 0.25) is 0 Å². The first-order valence-corrected chi connectivity index (χ1v) is 14.9. The molecular weight excluding hydrogens is 544 g/mol. The molecule has 1 N–H and O–H groups in total. The molecule has 2 heterocycles. The molecule has 0 saturated carbocycles. The molecule has 1 aromatic heterocycles. The molecular formula is C31H28N2O5S2. The van der Waals surface area contributed by atoms with Crippen molar-refractivity contribution in [2.45, 2.75) is 24.8 Å². The predicted molar refractivity (Wildman–Crippen MR) is 159 cm³/mol. The van der Waals surface area contributed by atoms with E-state index in [0.717, 1.165) is 16.0 Å². The topological polar surface area (TPSA) is 90.1 Å². The molecule has 40 heavy (non-hydrogen) atoms. The number of hydrogen-bond acceptors (Lipinski definition) is 8. The van der Waals surface area contributed by atoms with Gasteiger partial charge in [0.2, 0.25) is 0 Å². The molecule has 0 unspecified atom stereocenters. The molecule has 0 spiro atoms. The first-order chi connectivity index (χ1) is 19.4. The van der Waals surface area contributed by atoms with E-state index in [0.29, 0.717) is 38.5 Å². The number of carbonyl (C=O) groups is 1. The van der Waals surface area contributed by atoms with Gasteiger partial charge >= 0.3 is 5.97 Å². The Balaban J connectivity index is 1.78. The Hall–Kier alpha value is -4.08. The number of aromatic hydroxyl groups is 1. The highest BCUT2D eigenvalue weighted by Gasteiger charge is 2.35. The minimum Gasteiger partial charge on any atom is -0.504 e. The van der Waals surface area contributed by atoms with E-state index in [1.54, 1.807) is 41.5 Å². The van der Waals surface area contributed by atoms with Crippen LogP contribution >= 0.6 is 23.1 Å². The number of phenolic OH excluding ortho intramolecular Hbond substituents is 1. The fourth-order valence-electron chi connectivity index (χ4n) is 4.58. The Morgan fingerprint density at radius 3 is 2.50 bits per heavy atom. The second-order valence-electron chi connectivity index (χ2n) is 8.86. The normalized spacial score (nSPS) is 15.0. The van der Waals surface area contributed by atoms with Crippen LogP contribution in [-0.4, -0.2) is 35.1 Å². The third-order valence-corrected chi connectivity index (χ3v) is 8.11. The number of thiazole rings is 1. The van der Waals surface area contributed by atoms with Crippen molar-refractivity contribution in [3.63, 3.8) is 0 Å². The Morgan fingerprint density at radius 1 is 1.07 bits per heavy atom. The van der Waals surface area contributed by atoms with E-state index in [1.165, 1.54) is 17.4 Å². The van der Waals surface area contributed by atoms with E-state index in [4.69, 9.17) is 14.5 Å². The molecule has 0 bridgehead atoms. The van der Waals surface area contributed by atoms with Crippen LogP contribution in [0.5, 0.6) is 11.5 Å². The minimum absolute atomic E-state index is 0.0285. The fraction of sp³-hybridized carbons (Fsp3) is 0.194. The van der Waals surface area contributed by atoms with Crippen LogP contribution in [0.15, 0.2) is 93.1 Å². The van der Waals surface area contributed by atoms with Crippen LogP contribution in [0, 0.1) is 0 Å². The molecule has 9 heteroatoms. The molecule has 0 aliphatic carbocycles. The lowest BCUT2D eigenvalue weighted by Crippen LogP contribution is -2.40. The van der Waals surface area contributed by atoms with Crippen LogP contribution in [0.1, 0.15) is 36.6 Å². The lowest BCUT2D eigenvalue weighted by molar-refractivity contribution is -0.138. The van der Waals surface area contributed by atoms with Gasteiger partial charge in [0.15, 0.2) is 16.3 Å². The van der Waals surface area contributed by atoms with E-state index in [9.17, 15) is 14.7 Å². The van der Waals surface area contributed by atoms with E-state index in [1.807, 2.05) is 67.8 Å². The zero-order valence-electron chi connectivity index (χ0n) is 22.3. The smallest absolute Gasteiger partial charge is 0.338 e. The molecule has 1 aliphatic rings. The number of ether oxygens (including phenoxy) is 2. The van der Waals surface area contributed by atoms with E-state index in [2.05, 4.69) is 0 Å². The second-order valence-corrected chi connectivity index (χ2v) is 10.8. The number of thioether (sulfide) groups is 1. The van der Waals surface area contributed by atoms with Gasteiger partial charge < -0.3 is 14.6 Å². The zero-order chi connectivity index (χ0) is 28.2. The summed E-state index contributed by atoms with van der Waals surface area (Å²) < 4.78 is 13.1. The number of esters is 1. The zero-order valence-corrected chi connectivity index (χ0v) is 23.9. The highest BCUT2D eigenvalue weighted by atomic mass is 32.2. The predicted octanol–water partition coefficient (Wildman–Crippen LogP) is 4.76. The van der Waals surface area contributed by atoms with Crippen molar-refractivity contribution < 1.29 is 19.4 Å². The van der Waals surface area contributed by atoms with Crippen molar-refractivity contribution in [3.8, 4) is 11.5 Å². The molecule has 0 saturated heterocycles. The monoisotopic (exact) mass is 572 g/mol. The van der Waals surface area contributed by atoms with Gasteiger partial charge in [-0.05, 0) is 61.6 Å². The molecule has 5 rings (SSSR count). The summed E-state index contributed by atoms with van der Waals surface area (Å²) in [6.07, 6.45) is 3.74. The summed E-state index contributed by atoms with van der Waals surface area (Å²) in [6, 6.07) is 21.5. The van der Waals surface area contributed by atoms with E-state index >= 15 is 0 Å². The van der Waals surface area contributed by atoms with Crippen molar-refractivity contribution >= 4 is 40.8 Å². The Bertz CT molecular complexity index is 1760. The fourth-order valence-corrected chi connectivity index (χ4v) is 5.99. The van der Waals surface area contributed by atoms with Crippen LogP contribution in [-0.2, 0) is 9.53 Å². The van der Waals surface area contributed by atoms with Gasteiger partial charge in [0.1, 0.15) is 0 Å². The quantitative estimate of drug-likeness (QED) is 0.242. The van der Waals surface area contributed by atoms with Gasteiger partial charge in [0, 0.05) is 10.5 Å². The molecule has 0 fully saturated rings. The number of fused-ring (bicyclic) bond motifs is 1. The Morgan fingerprint density at radius 2 is 1.82 bits per heavy atom. The highest BCUT2D eigenvalue weighted by Crippen LogP contribution is 2.35. The summed E-state index contributed by atoms with van der Waals surface area (Å²) in [6.45, 7) is 4.18. The summed E-state index contributed by atoms with van der Waals surface area (Å²) in [5, 5.41) is 10.1. The number of hydrogen-bond donors (Lipinski definition) is 1. The largest absolute Gasteiger partial charge is 0.504 e. The minimum atomic E-state index is -0.734.